The fourth-order valence-corrected chi connectivity index (χ4v) is 5.31. The van der Waals surface area contributed by atoms with Gasteiger partial charge in [0.2, 0.25) is 0 Å². The van der Waals surface area contributed by atoms with Crippen LogP contribution in [-0.2, 0) is 19.1 Å². The molecule has 2 amide bonds. The summed E-state index contributed by atoms with van der Waals surface area (Å²) >= 11 is 0. The largest absolute Gasteiger partial charge is 0.450 e. The Morgan fingerprint density at radius 2 is 1.84 bits per heavy atom. The fraction of sp³-hybridized carbons (Fsp3) is 0.783. The summed E-state index contributed by atoms with van der Waals surface area (Å²) in [7, 11) is 0. The van der Waals surface area contributed by atoms with Crippen LogP contribution in [0.5, 0.6) is 0 Å². The molecule has 3 rings (SSSR count). The van der Waals surface area contributed by atoms with E-state index in [9.17, 15) is 14.4 Å². The molecule has 0 bridgehead atoms. The Bertz CT molecular complexity index is 717. The first-order valence-electron chi connectivity index (χ1n) is 11.6. The van der Waals surface area contributed by atoms with Crippen LogP contribution in [0.1, 0.15) is 53.4 Å². The SMILES string of the molecule is CCOC(=O)N1CCC2(CC1)OC(=O)C(C)=C2C(=O)NCCCN1C[C@H](C)C[C@H](C)C1. The number of carbonyl (C=O) groups excluding carboxylic acids is 3. The van der Waals surface area contributed by atoms with E-state index in [0.29, 0.717) is 62.1 Å². The van der Waals surface area contributed by atoms with Crippen LogP contribution in [0.2, 0.25) is 0 Å². The van der Waals surface area contributed by atoms with Gasteiger partial charge in [-0.25, -0.2) is 9.59 Å². The molecule has 2 atom stereocenters. The molecule has 0 aliphatic carbocycles. The first kappa shape index (κ1) is 23.6. The average molecular weight is 436 g/mol. The van der Waals surface area contributed by atoms with Crippen LogP contribution in [-0.4, -0.2) is 79.2 Å². The first-order valence-corrected chi connectivity index (χ1v) is 11.6. The van der Waals surface area contributed by atoms with E-state index in [2.05, 4.69) is 24.1 Å². The molecule has 8 nitrogen and oxygen atoms in total. The van der Waals surface area contributed by atoms with Crippen LogP contribution >= 0.6 is 0 Å². The summed E-state index contributed by atoms with van der Waals surface area (Å²) in [4.78, 5) is 41.4. The molecule has 0 aromatic carbocycles. The Balaban J connectivity index is 1.54. The molecule has 174 valence electrons. The van der Waals surface area contributed by atoms with Gasteiger partial charge in [-0.2, -0.15) is 0 Å². The molecule has 1 N–H and O–H groups in total. The summed E-state index contributed by atoms with van der Waals surface area (Å²) in [5, 5.41) is 3.00. The molecule has 0 saturated carbocycles. The van der Waals surface area contributed by atoms with E-state index in [1.807, 2.05) is 0 Å². The van der Waals surface area contributed by atoms with E-state index in [0.717, 1.165) is 26.1 Å². The fourth-order valence-electron chi connectivity index (χ4n) is 5.31. The van der Waals surface area contributed by atoms with E-state index in [4.69, 9.17) is 9.47 Å². The third-order valence-electron chi connectivity index (χ3n) is 6.63. The summed E-state index contributed by atoms with van der Waals surface area (Å²) in [6.45, 7) is 12.9. The number of esters is 1. The number of hydrogen-bond acceptors (Lipinski definition) is 6. The summed E-state index contributed by atoms with van der Waals surface area (Å²) in [5.74, 6) is 0.764. The van der Waals surface area contributed by atoms with Crippen molar-refractivity contribution >= 4 is 18.0 Å². The van der Waals surface area contributed by atoms with Gasteiger partial charge in [-0.1, -0.05) is 13.8 Å². The van der Waals surface area contributed by atoms with Gasteiger partial charge in [0.15, 0.2) is 0 Å². The Kier molecular flexibility index (Phi) is 7.62. The number of hydrogen-bond donors (Lipinski definition) is 1. The number of nitrogens with zero attached hydrogens (tertiary/aromatic N) is 2. The lowest BCUT2D eigenvalue weighted by Gasteiger charge is -2.38. The molecule has 0 aromatic rings. The molecule has 31 heavy (non-hydrogen) atoms. The van der Waals surface area contributed by atoms with E-state index in [-0.39, 0.29) is 12.0 Å². The van der Waals surface area contributed by atoms with Gasteiger partial charge in [-0.3, -0.25) is 4.79 Å². The van der Waals surface area contributed by atoms with Crippen molar-refractivity contribution in [3.63, 3.8) is 0 Å². The standard InChI is InChI=1S/C23H37N3O5/c1-5-30-22(29)26-11-7-23(8-12-26)19(18(4)21(28)31-23)20(27)24-9-6-10-25-14-16(2)13-17(3)15-25/h16-17H,5-15H2,1-4H3,(H,24,27)/t16-,17+. The van der Waals surface area contributed by atoms with Crippen LogP contribution < -0.4 is 5.32 Å². The van der Waals surface area contributed by atoms with E-state index >= 15 is 0 Å². The molecule has 3 heterocycles. The number of amides is 2. The number of likely N-dealkylation sites (tertiary alicyclic amines) is 2. The van der Waals surface area contributed by atoms with Gasteiger partial charge in [0.1, 0.15) is 5.60 Å². The van der Waals surface area contributed by atoms with Crippen molar-refractivity contribution in [2.24, 2.45) is 11.8 Å². The molecule has 2 fully saturated rings. The maximum atomic E-state index is 13.0. The van der Waals surface area contributed by atoms with Gasteiger partial charge < -0.3 is 24.6 Å². The van der Waals surface area contributed by atoms with Crippen LogP contribution in [0, 0.1) is 11.8 Å². The molecular weight excluding hydrogens is 398 g/mol. The summed E-state index contributed by atoms with van der Waals surface area (Å²) in [6, 6.07) is 0. The highest BCUT2D eigenvalue weighted by Crippen LogP contribution is 2.41. The zero-order chi connectivity index (χ0) is 22.6. The van der Waals surface area contributed by atoms with Crippen molar-refractivity contribution in [2.75, 3.05) is 45.9 Å². The van der Waals surface area contributed by atoms with Crippen LogP contribution in [0.15, 0.2) is 11.1 Å². The molecule has 8 heteroatoms. The predicted octanol–water partition coefficient (Wildman–Crippen LogP) is 2.34. The molecule has 0 radical (unpaired) electrons. The van der Waals surface area contributed by atoms with Gasteiger partial charge >= 0.3 is 12.1 Å². The van der Waals surface area contributed by atoms with Crippen LogP contribution in [0.4, 0.5) is 4.79 Å². The summed E-state index contributed by atoms with van der Waals surface area (Å²) in [5.41, 5.74) is -0.131. The second kappa shape index (κ2) is 10.0. The molecular formula is C23H37N3O5. The van der Waals surface area contributed by atoms with Crippen molar-refractivity contribution < 1.29 is 23.9 Å². The van der Waals surface area contributed by atoms with Gasteiger partial charge in [0, 0.05) is 51.1 Å². The van der Waals surface area contributed by atoms with Gasteiger partial charge in [0.05, 0.1) is 12.2 Å². The summed E-state index contributed by atoms with van der Waals surface area (Å²) in [6.07, 6.45) is 2.60. The maximum absolute atomic E-state index is 13.0. The van der Waals surface area contributed by atoms with Crippen LogP contribution in [0.3, 0.4) is 0 Å². The predicted molar refractivity (Wildman–Crippen MR) is 116 cm³/mol. The highest BCUT2D eigenvalue weighted by Gasteiger charge is 2.51. The van der Waals surface area contributed by atoms with Crippen molar-refractivity contribution in [1.29, 1.82) is 0 Å². The number of rotatable bonds is 6. The lowest BCUT2D eigenvalue weighted by molar-refractivity contribution is -0.150. The Morgan fingerprint density at radius 3 is 2.45 bits per heavy atom. The molecule has 3 aliphatic rings. The third kappa shape index (κ3) is 5.40. The Morgan fingerprint density at radius 1 is 1.19 bits per heavy atom. The normalized spacial score (nSPS) is 26.2. The first-order chi connectivity index (χ1) is 14.8. The second-order valence-electron chi connectivity index (χ2n) is 9.38. The quantitative estimate of drug-likeness (QED) is 0.509. The number of ether oxygens (including phenoxy) is 2. The van der Waals surface area contributed by atoms with Gasteiger partial charge in [-0.05, 0) is 45.1 Å². The minimum atomic E-state index is -0.939. The smallest absolute Gasteiger partial charge is 0.409 e. The number of piperidine rings is 2. The average Bonchev–Trinajstić information content (AvgIpc) is 2.94. The zero-order valence-electron chi connectivity index (χ0n) is 19.4. The van der Waals surface area contributed by atoms with Crippen molar-refractivity contribution in [3.05, 3.63) is 11.1 Å². The highest BCUT2D eigenvalue weighted by atomic mass is 16.6. The monoisotopic (exact) mass is 435 g/mol. The highest BCUT2D eigenvalue weighted by molar-refractivity contribution is 6.07. The topological polar surface area (TPSA) is 88.2 Å². The molecule has 0 unspecified atom stereocenters. The van der Waals surface area contributed by atoms with Crippen LogP contribution in [0.25, 0.3) is 0 Å². The third-order valence-corrected chi connectivity index (χ3v) is 6.63. The summed E-state index contributed by atoms with van der Waals surface area (Å²) < 4.78 is 10.7. The van der Waals surface area contributed by atoms with E-state index < -0.39 is 11.6 Å². The number of nitrogens with one attached hydrogen (secondary N) is 1. The van der Waals surface area contributed by atoms with Crippen molar-refractivity contribution in [2.45, 2.75) is 59.0 Å². The van der Waals surface area contributed by atoms with Gasteiger partial charge in [0.25, 0.3) is 5.91 Å². The van der Waals surface area contributed by atoms with E-state index in [1.165, 1.54) is 6.42 Å². The van der Waals surface area contributed by atoms with E-state index in [1.54, 1.807) is 18.7 Å². The Hall–Kier alpha value is -2.09. The molecule has 0 aromatic heterocycles. The zero-order valence-corrected chi connectivity index (χ0v) is 19.4. The lowest BCUT2D eigenvalue weighted by atomic mass is 9.83. The lowest BCUT2D eigenvalue weighted by Crippen LogP contribution is -2.50. The second-order valence-corrected chi connectivity index (χ2v) is 9.38. The minimum absolute atomic E-state index is 0.228. The Labute approximate surface area is 185 Å². The van der Waals surface area contributed by atoms with Crippen molar-refractivity contribution in [1.82, 2.24) is 15.1 Å². The van der Waals surface area contributed by atoms with Gasteiger partial charge in [-0.15, -0.1) is 0 Å². The van der Waals surface area contributed by atoms with Crippen molar-refractivity contribution in [3.8, 4) is 0 Å². The molecule has 3 aliphatic heterocycles. The number of carbonyl (C=O) groups is 3. The molecule has 2 saturated heterocycles. The maximum Gasteiger partial charge on any atom is 0.409 e. The minimum Gasteiger partial charge on any atom is -0.450 e. The molecule has 1 spiro atoms.